The first-order valence-electron chi connectivity index (χ1n) is 6.09. The van der Waals surface area contributed by atoms with E-state index in [-0.39, 0.29) is 23.8 Å². The van der Waals surface area contributed by atoms with Crippen molar-refractivity contribution in [3.8, 4) is 0 Å². The Morgan fingerprint density at radius 3 is 2.61 bits per heavy atom. The predicted octanol–water partition coefficient (Wildman–Crippen LogP) is 1.01. The number of nitrogens with two attached hydrogens (primary N) is 1. The molecule has 18 heavy (non-hydrogen) atoms. The monoisotopic (exact) mass is 254 g/mol. The van der Waals surface area contributed by atoms with Gasteiger partial charge < -0.3 is 15.6 Å². The van der Waals surface area contributed by atoms with E-state index >= 15 is 0 Å². The smallest absolute Gasteiger partial charge is 0.224 e. The number of amides is 1. The molecule has 1 atom stereocenters. The average Bonchev–Trinajstić information content (AvgIpc) is 2.67. The first-order valence-corrected chi connectivity index (χ1v) is 6.09. The summed E-state index contributed by atoms with van der Waals surface area (Å²) in [4.78, 5) is 16.0. The van der Waals surface area contributed by atoms with Gasteiger partial charge in [-0.25, -0.2) is 0 Å². The zero-order chi connectivity index (χ0) is 13.8. The summed E-state index contributed by atoms with van der Waals surface area (Å²) in [6, 6.07) is 0. The van der Waals surface area contributed by atoms with Crippen molar-refractivity contribution >= 4 is 5.91 Å². The van der Waals surface area contributed by atoms with E-state index in [1.54, 1.807) is 6.92 Å². The second kappa shape index (κ2) is 5.95. The maximum absolute atomic E-state index is 12.0. The molecule has 0 aliphatic carbocycles. The lowest BCUT2D eigenvalue weighted by atomic mass is 9.84. The summed E-state index contributed by atoms with van der Waals surface area (Å²) >= 11 is 0. The van der Waals surface area contributed by atoms with Gasteiger partial charge in [-0.2, -0.15) is 4.98 Å². The third kappa shape index (κ3) is 4.83. The number of aryl methyl sites for hydroxylation is 1. The molecule has 1 rings (SSSR count). The van der Waals surface area contributed by atoms with Crippen LogP contribution in [0.15, 0.2) is 4.52 Å². The Bertz CT molecular complexity index is 395. The van der Waals surface area contributed by atoms with Crippen LogP contribution >= 0.6 is 0 Å². The highest BCUT2D eigenvalue weighted by Crippen LogP contribution is 2.23. The average molecular weight is 254 g/mol. The summed E-state index contributed by atoms with van der Waals surface area (Å²) in [7, 11) is 0. The van der Waals surface area contributed by atoms with Crippen LogP contribution in [-0.2, 0) is 11.3 Å². The van der Waals surface area contributed by atoms with E-state index in [4.69, 9.17) is 10.3 Å². The molecule has 0 fully saturated rings. The van der Waals surface area contributed by atoms with Gasteiger partial charge in [-0.1, -0.05) is 25.9 Å². The van der Waals surface area contributed by atoms with E-state index in [0.717, 1.165) is 6.42 Å². The molecular weight excluding hydrogens is 232 g/mol. The van der Waals surface area contributed by atoms with Crippen molar-refractivity contribution in [2.45, 2.75) is 40.7 Å². The van der Waals surface area contributed by atoms with Gasteiger partial charge in [0.15, 0.2) is 5.82 Å². The van der Waals surface area contributed by atoms with Crippen LogP contribution in [0.5, 0.6) is 0 Å². The molecule has 102 valence electrons. The highest BCUT2D eigenvalue weighted by molar-refractivity contribution is 5.78. The van der Waals surface area contributed by atoms with Crippen molar-refractivity contribution < 1.29 is 9.32 Å². The second-order valence-corrected chi connectivity index (χ2v) is 5.64. The fourth-order valence-electron chi connectivity index (χ4n) is 1.75. The number of aromatic nitrogens is 2. The van der Waals surface area contributed by atoms with Gasteiger partial charge in [-0.3, -0.25) is 4.79 Å². The Balaban J connectivity index is 2.47. The van der Waals surface area contributed by atoms with E-state index in [2.05, 4.69) is 36.2 Å². The highest BCUT2D eigenvalue weighted by Gasteiger charge is 2.23. The second-order valence-electron chi connectivity index (χ2n) is 5.64. The normalized spacial score (nSPS) is 13.4. The molecule has 0 saturated carbocycles. The van der Waals surface area contributed by atoms with Gasteiger partial charge in [0.05, 0.1) is 12.5 Å². The van der Waals surface area contributed by atoms with E-state index in [9.17, 15) is 4.79 Å². The Morgan fingerprint density at radius 1 is 1.50 bits per heavy atom. The molecule has 1 amide bonds. The lowest BCUT2D eigenvalue weighted by Crippen LogP contribution is -2.37. The quantitative estimate of drug-likeness (QED) is 0.817. The van der Waals surface area contributed by atoms with E-state index in [0.29, 0.717) is 18.3 Å². The minimum absolute atomic E-state index is 0.0603. The summed E-state index contributed by atoms with van der Waals surface area (Å²) in [6.07, 6.45) is 0.751. The molecule has 0 bridgehead atoms. The standard InChI is InChI=1S/C12H22N4O2/c1-8-15-10(16-18-8)7-14-11(17)9(6-13)5-12(2,3)4/h9H,5-7,13H2,1-4H3,(H,14,17). The zero-order valence-corrected chi connectivity index (χ0v) is 11.5. The van der Waals surface area contributed by atoms with Crippen LogP contribution in [0.2, 0.25) is 0 Å². The van der Waals surface area contributed by atoms with Gasteiger partial charge >= 0.3 is 0 Å². The predicted molar refractivity (Wildman–Crippen MR) is 67.5 cm³/mol. The molecular formula is C12H22N4O2. The molecule has 6 nitrogen and oxygen atoms in total. The minimum atomic E-state index is -0.182. The summed E-state index contributed by atoms with van der Waals surface area (Å²) < 4.78 is 4.83. The molecule has 1 aromatic heterocycles. The van der Waals surface area contributed by atoms with Crippen LogP contribution in [0, 0.1) is 18.3 Å². The van der Waals surface area contributed by atoms with E-state index < -0.39 is 0 Å². The molecule has 0 aliphatic rings. The van der Waals surface area contributed by atoms with Crippen molar-refractivity contribution in [2.24, 2.45) is 17.1 Å². The summed E-state index contributed by atoms with van der Waals surface area (Å²) in [6.45, 7) is 8.59. The van der Waals surface area contributed by atoms with Crippen LogP contribution < -0.4 is 11.1 Å². The molecule has 0 radical (unpaired) electrons. The molecule has 1 unspecified atom stereocenters. The number of nitrogens with one attached hydrogen (secondary N) is 1. The maximum Gasteiger partial charge on any atom is 0.224 e. The van der Waals surface area contributed by atoms with E-state index in [1.807, 2.05) is 0 Å². The molecule has 0 aliphatic heterocycles. The van der Waals surface area contributed by atoms with Crippen molar-refractivity contribution in [3.05, 3.63) is 11.7 Å². The molecule has 3 N–H and O–H groups in total. The lowest BCUT2D eigenvalue weighted by Gasteiger charge is -2.24. The summed E-state index contributed by atoms with van der Waals surface area (Å²) in [5, 5.41) is 6.50. The fraction of sp³-hybridized carbons (Fsp3) is 0.750. The Hall–Kier alpha value is -1.43. The van der Waals surface area contributed by atoms with Crippen molar-refractivity contribution in [2.75, 3.05) is 6.54 Å². The number of rotatable bonds is 5. The van der Waals surface area contributed by atoms with Crippen LogP contribution in [0.4, 0.5) is 0 Å². The summed E-state index contributed by atoms with van der Waals surface area (Å²) in [5.41, 5.74) is 5.72. The lowest BCUT2D eigenvalue weighted by molar-refractivity contribution is -0.125. The third-order valence-electron chi connectivity index (χ3n) is 2.50. The number of carbonyl (C=O) groups excluding carboxylic acids is 1. The Morgan fingerprint density at radius 2 is 2.17 bits per heavy atom. The fourth-order valence-corrected chi connectivity index (χ4v) is 1.75. The van der Waals surface area contributed by atoms with Gasteiger partial charge in [0.1, 0.15) is 0 Å². The third-order valence-corrected chi connectivity index (χ3v) is 2.50. The first-order chi connectivity index (χ1) is 8.31. The van der Waals surface area contributed by atoms with Crippen molar-refractivity contribution in [1.29, 1.82) is 0 Å². The number of hydrogen-bond donors (Lipinski definition) is 2. The zero-order valence-electron chi connectivity index (χ0n) is 11.5. The molecule has 1 aromatic rings. The number of carbonyl (C=O) groups is 1. The Labute approximate surface area is 107 Å². The summed E-state index contributed by atoms with van der Waals surface area (Å²) in [5.74, 6) is 0.726. The number of nitrogens with zero attached hydrogens (tertiary/aromatic N) is 2. The first kappa shape index (κ1) is 14.6. The van der Waals surface area contributed by atoms with Gasteiger partial charge in [-0.15, -0.1) is 0 Å². The van der Waals surface area contributed by atoms with Gasteiger partial charge in [0.2, 0.25) is 11.8 Å². The number of hydrogen-bond acceptors (Lipinski definition) is 5. The SMILES string of the molecule is Cc1nc(CNC(=O)C(CN)CC(C)(C)C)no1. The van der Waals surface area contributed by atoms with Crippen LogP contribution in [-0.4, -0.2) is 22.6 Å². The Kier molecular flexibility index (Phi) is 4.84. The molecule has 0 saturated heterocycles. The van der Waals surface area contributed by atoms with E-state index in [1.165, 1.54) is 0 Å². The van der Waals surface area contributed by atoms with Crippen LogP contribution in [0.3, 0.4) is 0 Å². The minimum Gasteiger partial charge on any atom is -0.348 e. The van der Waals surface area contributed by atoms with Crippen LogP contribution in [0.25, 0.3) is 0 Å². The largest absolute Gasteiger partial charge is 0.348 e. The highest BCUT2D eigenvalue weighted by atomic mass is 16.5. The van der Waals surface area contributed by atoms with Gasteiger partial charge in [-0.05, 0) is 11.8 Å². The van der Waals surface area contributed by atoms with Gasteiger partial charge in [0, 0.05) is 13.5 Å². The van der Waals surface area contributed by atoms with Crippen molar-refractivity contribution in [3.63, 3.8) is 0 Å². The van der Waals surface area contributed by atoms with Crippen LogP contribution in [0.1, 0.15) is 38.9 Å². The van der Waals surface area contributed by atoms with Gasteiger partial charge in [0.25, 0.3) is 0 Å². The molecule has 6 heteroatoms. The topological polar surface area (TPSA) is 94.0 Å². The van der Waals surface area contributed by atoms with Crippen molar-refractivity contribution in [1.82, 2.24) is 15.5 Å². The molecule has 1 heterocycles. The molecule has 0 spiro atoms. The maximum atomic E-state index is 12.0. The molecule has 0 aromatic carbocycles.